The Hall–Kier alpha value is -1.81. The van der Waals surface area contributed by atoms with Crippen LogP contribution >= 0.6 is 0 Å². The Morgan fingerprint density at radius 2 is 2.29 bits per heavy atom. The maximum Gasteiger partial charge on any atom is 0.230 e. The van der Waals surface area contributed by atoms with Gasteiger partial charge in [-0.05, 0) is 12.8 Å². The number of nitriles is 1. The summed E-state index contributed by atoms with van der Waals surface area (Å²) in [7, 11) is -3.39. The quantitative estimate of drug-likeness (QED) is 0.859. The number of hydrogen-bond donors (Lipinski definition) is 1. The number of nitrogens with one attached hydrogen (secondary N) is 1. The molecule has 6 nitrogen and oxygen atoms in total. The summed E-state index contributed by atoms with van der Waals surface area (Å²) >= 11 is 0. The highest BCUT2D eigenvalue weighted by atomic mass is 32.2. The first-order valence-electron chi connectivity index (χ1n) is 5.02. The molecule has 0 atom stereocenters. The number of aromatic nitrogens is 1. The van der Waals surface area contributed by atoms with Crippen molar-refractivity contribution in [1.82, 2.24) is 4.98 Å². The Bertz CT molecular complexity index is 573. The van der Waals surface area contributed by atoms with Crippen molar-refractivity contribution in [2.75, 3.05) is 11.0 Å². The third-order valence-corrected chi connectivity index (χ3v) is 2.68. The monoisotopic (exact) mass is 253 g/mol. The zero-order chi connectivity index (χ0) is 12.5. The van der Waals surface area contributed by atoms with E-state index in [1.165, 1.54) is 12.3 Å². The van der Waals surface area contributed by atoms with E-state index in [9.17, 15) is 8.42 Å². The molecule has 0 aromatic carbocycles. The second kappa shape index (κ2) is 4.22. The number of anilines is 1. The first kappa shape index (κ1) is 11.7. The molecule has 0 saturated heterocycles. The molecule has 0 radical (unpaired) electrons. The van der Waals surface area contributed by atoms with Gasteiger partial charge in [-0.25, -0.2) is 13.4 Å². The van der Waals surface area contributed by atoms with Crippen molar-refractivity contribution in [3.05, 3.63) is 17.8 Å². The van der Waals surface area contributed by atoms with Crippen molar-refractivity contribution >= 4 is 15.8 Å². The van der Waals surface area contributed by atoms with Gasteiger partial charge in [0.05, 0.1) is 24.1 Å². The summed E-state index contributed by atoms with van der Waals surface area (Å²) in [5.74, 6) is 0.515. The van der Waals surface area contributed by atoms with Gasteiger partial charge in [0.25, 0.3) is 0 Å². The SMILES string of the molecule is CS(=O)(=O)Nc1cc(C#N)c(OC2CC2)cn1. The lowest BCUT2D eigenvalue weighted by molar-refractivity contribution is 0.301. The molecular formula is C10H11N3O3S. The van der Waals surface area contributed by atoms with Gasteiger partial charge < -0.3 is 4.74 Å². The summed E-state index contributed by atoms with van der Waals surface area (Å²) in [6.45, 7) is 0. The largest absolute Gasteiger partial charge is 0.487 e. The number of sulfonamides is 1. The van der Waals surface area contributed by atoms with Gasteiger partial charge in [-0.1, -0.05) is 0 Å². The van der Waals surface area contributed by atoms with Crippen LogP contribution in [0.4, 0.5) is 5.82 Å². The summed E-state index contributed by atoms with van der Waals surface area (Å²) in [5.41, 5.74) is 0.276. The van der Waals surface area contributed by atoms with Crippen LogP contribution in [0.15, 0.2) is 12.3 Å². The van der Waals surface area contributed by atoms with E-state index in [0.29, 0.717) is 5.75 Å². The van der Waals surface area contributed by atoms with Gasteiger partial charge in [-0.3, -0.25) is 4.72 Å². The van der Waals surface area contributed by atoms with Crippen LogP contribution in [0.5, 0.6) is 5.75 Å². The molecule has 1 aliphatic carbocycles. The lowest BCUT2D eigenvalue weighted by atomic mass is 10.2. The van der Waals surface area contributed by atoms with Gasteiger partial charge in [0.15, 0.2) is 5.75 Å². The molecule has 0 amide bonds. The Kier molecular flexibility index (Phi) is 2.90. The highest BCUT2D eigenvalue weighted by Gasteiger charge is 2.25. The first-order valence-corrected chi connectivity index (χ1v) is 6.91. The van der Waals surface area contributed by atoms with E-state index < -0.39 is 10.0 Å². The average molecular weight is 253 g/mol. The molecule has 1 saturated carbocycles. The van der Waals surface area contributed by atoms with Crippen molar-refractivity contribution in [2.45, 2.75) is 18.9 Å². The summed E-state index contributed by atoms with van der Waals surface area (Å²) in [6, 6.07) is 3.31. The maximum atomic E-state index is 11.0. The molecule has 0 bridgehead atoms. The fraction of sp³-hybridized carbons (Fsp3) is 0.400. The van der Waals surface area contributed by atoms with Crippen LogP contribution < -0.4 is 9.46 Å². The van der Waals surface area contributed by atoms with E-state index in [1.54, 1.807) is 0 Å². The lowest BCUT2D eigenvalue weighted by Gasteiger charge is -2.08. The molecule has 1 fully saturated rings. The Morgan fingerprint density at radius 3 is 2.82 bits per heavy atom. The van der Waals surface area contributed by atoms with Crippen LogP contribution in [0.2, 0.25) is 0 Å². The zero-order valence-corrected chi connectivity index (χ0v) is 9.99. The van der Waals surface area contributed by atoms with Crippen LogP contribution in [0.1, 0.15) is 18.4 Å². The Labute approximate surface area is 99.3 Å². The Balaban J connectivity index is 2.24. The van der Waals surface area contributed by atoms with Gasteiger partial charge in [-0.2, -0.15) is 5.26 Å². The van der Waals surface area contributed by atoms with Crippen LogP contribution in [0, 0.1) is 11.3 Å². The van der Waals surface area contributed by atoms with Crippen molar-refractivity contribution in [1.29, 1.82) is 5.26 Å². The molecule has 1 aliphatic rings. The van der Waals surface area contributed by atoms with Crippen LogP contribution in [-0.4, -0.2) is 25.8 Å². The molecule has 0 unspecified atom stereocenters. The van der Waals surface area contributed by atoms with E-state index in [0.717, 1.165) is 19.1 Å². The highest BCUT2D eigenvalue weighted by molar-refractivity contribution is 7.92. The smallest absolute Gasteiger partial charge is 0.230 e. The molecule has 0 spiro atoms. The maximum absolute atomic E-state index is 11.0. The highest BCUT2D eigenvalue weighted by Crippen LogP contribution is 2.29. The minimum absolute atomic E-state index is 0.118. The van der Waals surface area contributed by atoms with E-state index in [4.69, 9.17) is 10.00 Å². The third-order valence-electron chi connectivity index (χ3n) is 2.10. The number of pyridine rings is 1. The molecule has 17 heavy (non-hydrogen) atoms. The van der Waals surface area contributed by atoms with Gasteiger partial charge >= 0.3 is 0 Å². The van der Waals surface area contributed by atoms with Crippen molar-refractivity contribution < 1.29 is 13.2 Å². The molecule has 1 heterocycles. The Morgan fingerprint density at radius 1 is 1.59 bits per heavy atom. The summed E-state index contributed by atoms with van der Waals surface area (Å²) < 4.78 is 29.7. The second-order valence-electron chi connectivity index (χ2n) is 3.87. The second-order valence-corrected chi connectivity index (χ2v) is 5.62. The lowest BCUT2D eigenvalue weighted by Crippen LogP contribution is -2.11. The predicted octanol–water partition coefficient (Wildman–Crippen LogP) is 0.866. The van der Waals surface area contributed by atoms with Crippen molar-refractivity contribution in [3.8, 4) is 11.8 Å². The standard InChI is InChI=1S/C10H11N3O3S/c1-17(14,15)13-10-4-7(5-11)9(6-12-10)16-8-2-3-8/h4,6,8H,2-3H2,1H3,(H,12,13). The average Bonchev–Trinajstić information content (AvgIpc) is 3.02. The normalized spacial score (nSPS) is 15.1. The van der Waals surface area contributed by atoms with Crippen molar-refractivity contribution in [3.63, 3.8) is 0 Å². The van der Waals surface area contributed by atoms with Gasteiger partial charge in [0.1, 0.15) is 11.9 Å². The number of rotatable bonds is 4. The van der Waals surface area contributed by atoms with Gasteiger partial charge in [-0.15, -0.1) is 0 Å². The fourth-order valence-corrected chi connectivity index (χ4v) is 1.73. The molecule has 2 rings (SSSR count). The van der Waals surface area contributed by atoms with Crippen LogP contribution in [0.3, 0.4) is 0 Å². The minimum atomic E-state index is -3.39. The molecule has 1 aromatic heterocycles. The first-order chi connectivity index (χ1) is 7.98. The molecule has 1 N–H and O–H groups in total. The van der Waals surface area contributed by atoms with E-state index >= 15 is 0 Å². The minimum Gasteiger partial charge on any atom is -0.487 e. The van der Waals surface area contributed by atoms with Gasteiger partial charge in [0, 0.05) is 6.07 Å². The molecule has 1 aromatic rings. The number of ether oxygens (including phenoxy) is 1. The zero-order valence-electron chi connectivity index (χ0n) is 9.17. The number of nitrogens with zero attached hydrogens (tertiary/aromatic N) is 2. The van der Waals surface area contributed by atoms with Crippen LogP contribution in [0.25, 0.3) is 0 Å². The van der Waals surface area contributed by atoms with E-state index in [-0.39, 0.29) is 17.5 Å². The van der Waals surface area contributed by atoms with Crippen LogP contribution in [-0.2, 0) is 10.0 Å². The van der Waals surface area contributed by atoms with E-state index in [1.807, 2.05) is 6.07 Å². The topological polar surface area (TPSA) is 92.1 Å². The predicted molar refractivity (Wildman–Crippen MR) is 61.1 cm³/mol. The molecule has 7 heteroatoms. The van der Waals surface area contributed by atoms with Crippen molar-refractivity contribution in [2.24, 2.45) is 0 Å². The molecule has 90 valence electrons. The molecular weight excluding hydrogens is 242 g/mol. The molecule has 0 aliphatic heterocycles. The number of hydrogen-bond acceptors (Lipinski definition) is 5. The fourth-order valence-electron chi connectivity index (χ4n) is 1.24. The van der Waals surface area contributed by atoms with E-state index in [2.05, 4.69) is 9.71 Å². The summed E-state index contributed by atoms with van der Waals surface area (Å²) in [6.07, 6.45) is 4.51. The summed E-state index contributed by atoms with van der Waals surface area (Å²) in [5, 5.41) is 8.94. The van der Waals surface area contributed by atoms with Gasteiger partial charge in [0.2, 0.25) is 10.0 Å². The third kappa shape index (κ3) is 3.32. The summed E-state index contributed by atoms with van der Waals surface area (Å²) in [4.78, 5) is 3.89.